The monoisotopic (exact) mass is 317 g/mol. The summed E-state index contributed by atoms with van der Waals surface area (Å²) in [5.74, 6) is -0.203. The standard InChI is InChI=1S/C18H15N5O/c1-23-17(10-16(22-23)12-5-3-2-4-6-12)18(24)20-14-8-7-13-11-19-21-15(13)9-14/h2-11H,1H3,(H,19,21)(H,20,24). The van der Waals surface area contributed by atoms with Crippen molar-refractivity contribution in [3.8, 4) is 11.3 Å². The summed E-state index contributed by atoms with van der Waals surface area (Å²) in [5, 5.41) is 15.2. The molecule has 118 valence electrons. The Morgan fingerprint density at radius 2 is 1.96 bits per heavy atom. The summed E-state index contributed by atoms with van der Waals surface area (Å²) in [7, 11) is 1.76. The molecule has 4 aromatic rings. The summed E-state index contributed by atoms with van der Waals surface area (Å²) >= 11 is 0. The largest absolute Gasteiger partial charge is 0.321 e. The summed E-state index contributed by atoms with van der Waals surface area (Å²) in [6.07, 6.45) is 1.74. The molecule has 4 rings (SSSR count). The van der Waals surface area contributed by atoms with Crippen molar-refractivity contribution < 1.29 is 4.79 Å². The minimum atomic E-state index is -0.203. The second-order valence-electron chi connectivity index (χ2n) is 5.53. The van der Waals surface area contributed by atoms with Crippen LogP contribution in [0.15, 0.2) is 60.8 Å². The van der Waals surface area contributed by atoms with E-state index < -0.39 is 0 Å². The van der Waals surface area contributed by atoms with Gasteiger partial charge in [-0.15, -0.1) is 0 Å². The van der Waals surface area contributed by atoms with Crippen molar-refractivity contribution in [1.82, 2.24) is 20.0 Å². The van der Waals surface area contributed by atoms with Crippen LogP contribution in [0.25, 0.3) is 22.2 Å². The van der Waals surface area contributed by atoms with Crippen molar-refractivity contribution in [2.45, 2.75) is 0 Å². The molecule has 0 aliphatic heterocycles. The minimum absolute atomic E-state index is 0.203. The van der Waals surface area contributed by atoms with Crippen molar-refractivity contribution in [2.75, 3.05) is 5.32 Å². The molecular weight excluding hydrogens is 302 g/mol. The number of amides is 1. The predicted octanol–water partition coefficient (Wildman–Crippen LogP) is 3.22. The van der Waals surface area contributed by atoms with Crippen molar-refractivity contribution in [1.29, 1.82) is 0 Å². The molecule has 2 aromatic carbocycles. The molecular formula is C18H15N5O. The number of aromatic nitrogens is 4. The van der Waals surface area contributed by atoms with Gasteiger partial charge in [-0.2, -0.15) is 10.2 Å². The number of aromatic amines is 1. The average Bonchev–Trinajstić information content (AvgIpc) is 3.21. The average molecular weight is 317 g/mol. The first-order chi connectivity index (χ1) is 11.7. The van der Waals surface area contributed by atoms with E-state index in [4.69, 9.17) is 0 Å². The van der Waals surface area contributed by atoms with Gasteiger partial charge >= 0.3 is 0 Å². The van der Waals surface area contributed by atoms with Gasteiger partial charge in [-0.25, -0.2) is 0 Å². The number of hydrogen-bond acceptors (Lipinski definition) is 3. The number of nitrogens with one attached hydrogen (secondary N) is 2. The van der Waals surface area contributed by atoms with E-state index in [0.717, 1.165) is 22.2 Å². The molecule has 0 saturated heterocycles. The van der Waals surface area contributed by atoms with E-state index in [0.29, 0.717) is 11.4 Å². The molecule has 6 nitrogen and oxygen atoms in total. The molecule has 0 fully saturated rings. The van der Waals surface area contributed by atoms with E-state index in [2.05, 4.69) is 20.6 Å². The van der Waals surface area contributed by atoms with Gasteiger partial charge in [0.1, 0.15) is 5.69 Å². The molecule has 0 spiro atoms. The third-order valence-corrected chi connectivity index (χ3v) is 3.88. The number of rotatable bonds is 3. The molecule has 0 aliphatic rings. The normalized spacial score (nSPS) is 10.9. The first-order valence-corrected chi connectivity index (χ1v) is 7.55. The van der Waals surface area contributed by atoms with E-state index in [9.17, 15) is 4.79 Å². The Labute approximate surface area is 138 Å². The Hall–Kier alpha value is -3.41. The van der Waals surface area contributed by atoms with Crippen LogP contribution >= 0.6 is 0 Å². The van der Waals surface area contributed by atoms with Crippen LogP contribution in [0.2, 0.25) is 0 Å². The van der Waals surface area contributed by atoms with Gasteiger partial charge in [0.05, 0.1) is 17.4 Å². The molecule has 0 aliphatic carbocycles. The van der Waals surface area contributed by atoms with Crippen LogP contribution in [-0.4, -0.2) is 25.9 Å². The molecule has 0 saturated carbocycles. The van der Waals surface area contributed by atoms with Crippen LogP contribution in [0.4, 0.5) is 5.69 Å². The smallest absolute Gasteiger partial charge is 0.273 e. The van der Waals surface area contributed by atoms with Gasteiger partial charge in [-0.05, 0) is 24.3 Å². The maximum Gasteiger partial charge on any atom is 0.273 e. The van der Waals surface area contributed by atoms with Crippen molar-refractivity contribution in [3.05, 3.63) is 66.5 Å². The lowest BCUT2D eigenvalue weighted by molar-refractivity contribution is 0.101. The Kier molecular flexibility index (Phi) is 3.35. The van der Waals surface area contributed by atoms with Gasteiger partial charge in [-0.1, -0.05) is 30.3 Å². The molecule has 2 N–H and O–H groups in total. The Morgan fingerprint density at radius 1 is 1.12 bits per heavy atom. The minimum Gasteiger partial charge on any atom is -0.321 e. The SMILES string of the molecule is Cn1nc(-c2ccccc2)cc1C(=O)Nc1ccc2cn[nH]c2c1. The van der Waals surface area contributed by atoms with Crippen LogP contribution in [0.1, 0.15) is 10.5 Å². The predicted molar refractivity (Wildman–Crippen MR) is 92.7 cm³/mol. The number of aryl methyl sites for hydroxylation is 1. The number of hydrogen-bond donors (Lipinski definition) is 2. The van der Waals surface area contributed by atoms with Gasteiger partial charge in [-0.3, -0.25) is 14.6 Å². The van der Waals surface area contributed by atoms with Crippen molar-refractivity contribution >= 4 is 22.5 Å². The first kappa shape index (κ1) is 14.2. The number of fused-ring (bicyclic) bond motifs is 1. The zero-order valence-electron chi connectivity index (χ0n) is 13.0. The highest BCUT2D eigenvalue weighted by Gasteiger charge is 2.14. The second kappa shape index (κ2) is 5.66. The van der Waals surface area contributed by atoms with Crippen molar-refractivity contribution in [2.24, 2.45) is 7.05 Å². The molecule has 0 atom stereocenters. The zero-order chi connectivity index (χ0) is 16.5. The van der Waals surface area contributed by atoms with Crippen LogP contribution in [0, 0.1) is 0 Å². The van der Waals surface area contributed by atoms with Gasteiger partial charge in [0, 0.05) is 23.7 Å². The molecule has 0 unspecified atom stereocenters. The van der Waals surface area contributed by atoms with Crippen molar-refractivity contribution in [3.63, 3.8) is 0 Å². The third-order valence-electron chi connectivity index (χ3n) is 3.88. The number of carbonyl (C=O) groups is 1. The number of anilines is 1. The molecule has 2 heterocycles. The van der Waals surface area contributed by atoms with E-state index in [1.54, 1.807) is 24.0 Å². The Bertz CT molecular complexity index is 1020. The quantitative estimate of drug-likeness (QED) is 0.609. The van der Waals surface area contributed by atoms with Crippen LogP contribution < -0.4 is 5.32 Å². The lowest BCUT2D eigenvalue weighted by Crippen LogP contribution is -2.15. The topological polar surface area (TPSA) is 75.6 Å². The number of nitrogens with zero attached hydrogens (tertiary/aromatic N) is 3. The summed E-state index contributed by atoms with van der Waals surface area (Å²) in [5.41, 5.74) is 3.83. The van der Waals surface area contributed by atoms with Crippen LogP contribution in [0.3, 0.4) is 0 Å². The Balaban J connectivity index is 1.61. The van der Waals surface area contributed by atoms with E-state index in [1.807, 2.05) is 48.5 Å². The highest BCUT2D eigenvalue weighted by atomic mass is 16.2. The number of carbonyl (C=O) groups excluding carboxylic acids is 1. The van der Waals surface area contributed by atoms with Crippen LogP contribution in [-0.2, 0) is 7.05 Å². The molecule has 0 bridgehead atoms. The van der Waals surface area contributed by atoms with Gasteiger partial charge in [0.2, 0.25) is 0 Å². The summed E-state index contributed by atoms with van der Waals surface area (Å²) in [4.78, 5) is 12.6. The van der Waals surface area contributed by atoms with E-state index in [1.165, 1.54) is 0 Å². The number of H-pyrrole nitrogens is 1. The highest BCUT2D eigenvalue weighted by Crippen LogP contribution is 2.20. The van der Waals surface area contributed by atoms with E-state index >= 15 is 0 Å². The summed E-state index contributed by atoms with van der Waals surface area (Å²) in [6, 6.07) is 17.2. The summed E-state index contributed by atoms with van der Waals surface area (Å²) < 4.78 is 1.59. The first-order valence-electron chi connectivity index (χ1n) is 7.55. The third kappa shape index (κ3) is 2.54. The fourth-order valence-electron chi connectivity index (χ4n) is 2.64. The second-order valence-corrected chi connectivity index (χ2v) is 5.53. The van der Waals surface area contributed by atoms with Gasteiger partial charge in [0.25, 0.3) is 5.91 Å². The maximum absolute atomic E-state index is 12.6. The molecule has 1 amide bonds. The summed E-state index contributed by atoms with van der Waals surface area (Å²) in [6.45, 7) is 0. The molecule has 24 heavy (non-hydrogen) atoms. The lowest BCUT2D eigenvalue weighted by Gasteiger charge is -2.05. The van der Waals surface area contributed by atoms with E-state index in [-0.39, 0.29) is 5.91 Å². The maximum atomic E-state index is 12.6. The lowest BCUT2D eigenvalue weighted by atomic mass is 10.1. The van der Waals surface area contributed by atoms with Gasteiger partial charge in [0.15, 0.2) is 0 Å². The number of benzene rings is 2. The van der Waals surface area contributed by atoms with Gasteiger partial charge < -0.3 is 5.32 Å². The Morgan fingerprint density at radius 3 is 2.79 bits per heavy atom. The van der Waals surface area contributed by atoms with Crippen LogP contribution in [0.5, 0.6) is 0 Å². The fraction of sp³-hybridized carbons (Fsp3) is 0.0556. The fourth-order valence-corrected chi connectivity index (χ4v) is 2.64. The molecule has 6 heteroatoms. The molecule has 2 aromatic heterocycles. The zero-order valence-corrected chi connectivity index (χ0v) is 13.0. The molecule has 0 radical (unpaired) electrons. The highest BCUT2D eigenvalue weighted by molar-refractivity contribution is 6.04.